The van der Waals surface area contributed by atoms with Crippen LogP contribution in [-0.2, 0) is 4.74 Å². The minimum absolute atomic E-state index is 0.0855. The Labute approximate surface area is 99.9 Å². The number of nitrogens with zero attached hydrogens (tertiary/aromatic N) is 1. The molecule has 18 heavy (non-hydrogen) atoms. The normalized spacial score (nSPS) is 11.6. The SMILES string of the molecule is COC(=O)n1ccc2cc(NC(F)(F)F)ccc21. The number of hydrogen-bond donors (Lipinski definition) is 1. The Morgan fingerprint density at radius 1 is 1.33 bits per heavy atom. The molecule has 0 aliphatic rings. The van der Waals surface area contributed by atoms with Gasteiger partial charge in [0.2, 0.25) is 0 Å². The molecular formula is C11H9F3N2O2. The van der Waals surface area contributed by atoms with E-state index in [0.29, 0.717) is 10.9 Å². The van der Waals surface area contributed by atoms with E-state index in [4.69, 9.17) is 0 Å². The third kappa shape index (κ3) is 2.39. The summed E-state index contributed by atoms with van der Waals surface area (Å²) >= 11 is 0. The molecule has 96 valence electrons. The zero-order valence-electron chi connectivity index (χ0n) is 9.28. The highest BCUT2D eigenvalue weighted by molar-refractivity contribution is 5.91. The predicted octanol–water partition coefficient (Wildman–Crippen LogP) is 3.19. The van der Waals surface area contributed by atoms with Crippen LogP contribution in [0.4, 0.5) is 23.7 Å². The number of carbonyl (C=O) groups is 1. The summed E-state index contributed by atoms with van der Waals surface area (Å²) in [6.07, 6.45) is -3.64. The molecule has 1 aromatic carbocycles. The third-order valence-corrected chi connectivity index (χ3v) is 2.35. The van der Waals surface area contributed by atoms with Crippen molar-refractivity contribution in [3.05, 3.63) is 30.5 Å². The van der Waals surface area contributed by atoms with Crippen LogP contribution in [0.1, 0.15) is 0 Å². The number of benzene rings is 1. The number of halogens is 3. The van der Waals surface area contributed by atoms with Crippen LogP contribution in [0.3, 0.4) is 0 Å². The lowest BCUT2D eigenvalue weighted by Gasteiger charge is -2.10. The Morgan fingerprint density at radius 2 is 2.06 bits per heavy atom. The number of ether oxygens (including phenoxy) is 1. The summed E-state index contributed by atoms with van der Waals surface area (Å²) in [5.74, 6) is 0. The predicted molar refractivity (Wildman–Crippen MR) is 59.4 cm³/mol. The van der Waals surface area contributed by atoms with Gasteiger partial charge in [0.05, 0.1) is 12.6 Å². The van der Waals surface area contributed by atoms with Crippen LogP contribution in [0.15, 0.2) is 30.5 Å². The highest BCUT2D eigenvalue weighted by Gasteiger charge is 2.27. The molecule has 0 spiro atoms. The Morgan fingerprint density at radius 3 is 2.67 bits per heavy atom. The van der Waals surface area contributed by atoms with Gasteiger partial charge in [-0.3, -0.25) is 9.88 Å². The van der Waals surface area contributed by atoms with Gasteiger partial charge in [-0.2, -0.15) is 13.2 Å². The van der Waals surface area contributed by atoms with E-state index < -0.39 is 12.4 Å². The molecule has 0 bridgehead atoms. The minimum atomic E-state index is -4.49. The Bertz CT molecular complexity index is 589. The molecule has 0 amide bonds. The second kappa shape index (κ2) is 4.25. The van der Waals surface area contributed by atoms with E-state index in [1.807, 2.05) is 0 Å². The quantitative estimate of drug-likeness (QED) is 0.799. The first-order chi connectivity index (χ1) is 8.40. The van der Waals surface area contributed by atoms with Crippen LogP contribution in [-0.4, -0.2) is 24.1 Å². The smallest absolute Gasteiger partial charge is 0.452 e. The van der Waals surface area contributed by atoms with Crippen LogP contribution in [0, 0.1) is 0 Å². The van der Waals surface area contributed by atoms with Gasteiger partial charge in [0.1, 0.15) is 0 Å². The summed E-state index contributed by atoms with van der Waals surface area (Å²) in [5, 5.41) is 1.91. The van der Waals surface area contributed by atoms with Crippen LogP contribution in [0.25, 0.3) is 10.9 Å². The summed E-state index contributed by atoms with van der Waals surface area (Å²) in [6.45, 7) is 0. The molecule has 0 aliphatic carbocycles. The van der Waals surface area contributed by atoms with E-state index in [0.717, 1.165) is 0 Å². The fraction of sp³-hybridized carbons (Fsp3) is 0.182. The number of rotatable bonds is 1. The molecule has 0 unspecified atom stereocenters. The van der Waals surface area contributed by atoms with Gasteiger partial charge in [0.25, 0.3) is 0 Å². The van der Waals surface area contributed by atoms with E-state index in [1.54, 1.807) is 0 Å². The molecule has 1 N–H and O–H groups in total. The van der Waals surface area contributed by atoms with Crippen molar-refractivity contribution < 1.29 is 22.7 Å². The van der Waals surface area contributed by atoms with E-state index in [2.05, 4.69) is 4.74 Å². The minimum Gasteiger partial charge on any atom is -0.452 e. The number of aromatic nitrogens is 1. The van der Waals surface area contributed by atoms with Gasteiger partial charge in [-0.1, -0.05) is 0 Å². The van der Waals surface area contributed by atoms with Crippen LogP contribution in [0.5, 0.6) is 0 Å². The molecule has 0 radical (unpaired) electrons. The number of hydrogen-bond acceptors (Lipinski definition) is 3. The Hall–Kier alpha value is -2.18. The Kier molecular flexibility index (Phi) is 2.90. The van der Waals surface area contributed by atoms with Crippen molar-refractivity contribution >= 4 is 22.7 Å². The van der Waals surface area contributed by atoms with Crippen molar-refractivity contribution in [1.29, 1.82) is 0 Å². The highest BCUT2D eigenvalue weighted by Crippen LogP contribution is 2.24. The van der Waals surface area contributed by atoms with Gasteiger partial charge in [-0.15, -0.1) is 0 Å². The molecule has 1 heterocycles. The zero-order chi connectivity index (χ0) is 13.3. The monoisotopic (exact) mass is 258 g/mol. The number of carbonyl (C=O) groups excluding carboxylic acids is 1. The van der Waals surface area contributed by atoms with Gasteiger partial charge in [-0.05, 0) is 24.3 Å². The van der Waals surface area contributed by atoms with Crippen molar-refractivity contribution in [3.63, 3.8) is 0 Å². The van der Waals surface area contributed by atoms with Gasteiger partial charge in [0, 0.05) is 17.3 Å². The average Bonchev–Trinajstić information content (AvgIpc) is 2.68. The van der Waals surface area contributed by atoms with Gasteiger partial charge in [-0.25, -0.2) is 4.79 Å². The molecular weight excluding hydrogens is 249 g/mol. The number of alkyl halides is 3. The van der Waals surface area contributed by atoms with E-state index in [1.165, 1.54) is 47.5 Å². The average molecular weight is 258 g/mol. The van der Waals surface area contributed by atoms with Crippen molar-refractivity contribution in [2.75, 3.05) is 12.4 Å². The third-order valence-electron chi connectivity index (χ3n) is 2.35. The van der Waals surface area contributed by atoms with E-state index >= 15 is 0 Å². The van der Waals surface area contributed by atoms with Gasteiger partial charge < -0.3 is 4.74 Å². The molecule has 2 aromatic rings. The first-order valence-corrected chi connectivity index (χ1v) is 4.95. The maximum atomic E-state index is 12.1. The molecule has 0 aliphatic heterocycles. The number of nitrogens with one attached hydrogen (secondary N) is 1. The van der Waals surface area contributed by atoms with Gasteiger partial charge >= 0.3 is 12.4 Å². The second-order valence-electron chi connectivity index (χ2n) is 3.55. The van der Waals surface area contributed by atoms with Gasteiger partial charge in [0.15, 0.2) is 0 Å². The van der Waals surface area contributed by atoms with Crippen molar-refractivity contribution in [3.8, 4) is 0 Å². The lowest BCUT2D eigenvalue weighted by molar-refractivity contribution is -0.0999. The van der Waals surface area contributed by atoms with E-state index in [-0.39, 0.29) is 5.69 Å². The topological polar surface area (TPSA) is 43.3 Å². The van der Waals surface area contributed by atoms with Crippen LogP contribution >= 0.6 is 0 Å². The molecule has 0 saturated heterocycles. The maximum absolute atomic E-state index is 12.1. The molecule has 4 nitrogen and oxygen atoms in total. The van der Waals surface area contributed by atoms with Crippen LogP contribution < -0.4 is 5.32 Å². The lowest BCUT2D eigenvalue weighted by atomic mass is 10.2. The Balaban J connectivity index is 2.40. The molecule has 0 saturated carbocycles. The van der Waals surface area contributed by atoms with Crippen LogP contribution in [0.2, 0.25) is 0 Å². The zero-order valence-corrected chi connectivity index (χ0v) is 9.28. The number of fused-ring (bicyclic) bond motifs is 1. The summed E-state index contributed by atoms with van der Waals surface area (Å²) in [4.78, 5) is 11.3. The fourth-order valence-electron chi connectivity index (χ4n) is 1.64. The summed E-state index contributed by atoms with van der Waals surface area (Å²) in [5.41, 5.74) is 0.396. The molecule has 0 atom stereocenters. The standard InChI is InChI=1S/C11H9F3N2O2/c1-18-10(17)16-5-4-7-6-8(2-3-9(7)16)15-11(12,13)14/h2-6,15H,1H3. The molecule has 0 fully saturated rings. The first kappa shape index (κ1) is 12.3. The summed E-state index contributed by atoms with van der Waals surface area (Å²) in [7, 11) is 1.23. The summed E-state index contributed by atoms with van der Waals surface area (Å²) < 4.78 is 42.2. The molecule has 7 heteroatoms. The highest BCUT2D eigenvalue weighted by atomic mass is 19.4. The molecule has 2 rings (SSSR count). The lowest BCUT2D eigenvalue weighted by Crippen LogP contribution is -2.20. The molecule has 1 aromatic heterocycles. The largest absolute Gasteiger partial charge is 0.482 e. The van der Waals surface area contributed by atoms with Crippen molar-refractivity contribution in [2.45, 2.75) is 6.30 Å². The van der Waals surface area contributed by atoms with Crippen molar-refractivity contribution in [1.82, 2.24) is 4.57 Å². The van der Waals surface area contributed by atoms with E-state index in [9.17, 15) is 18.0 Å². The number of anilines is 1. The second-order valence-corrected chi connectivity index (χ2v) is 3.55. The van der Waals surface area contributed by atoms with Crippen molar-refractivity contribution in [2.24, 2.45) is 0 Å². The first-order valence-electron chi connectivity index (χ1n) is 4.95. The maximum Gasteiger partial charge on any atom is 0.482 e. The summed E-state index contributed by atoms with van der Waals surface area (Å²) in [6, 6.07) is 5.51. The number of methoxy groups -OCH3 is 1. The fourth-order valence-corrected chi connectivity index (χ4v) is 1.64.